The molecule has 1 aliphatic carbocycles. The van der Waals surface area contributed by atoms with Crippen molar-refractivity contribution in [2.45, 2.75) is 31.7 Å². The van der Waals surface area contributed by atoms with E-state index in [1.54, 1.807) is 7.11 Å². The van der Waals surface area contributed by atoms with Crippen LogP contribution in [-0.2, 0) is 4.79 Å². The van der Waals surface area contributed by atoms with Gasteiger partial charge in [-0.05, 0) is 55.8 Å². The molecule has 21 heavy (non-hydrogen) atoms. The van der Waals surface area contributed by atoms with Crippen LogP contribution < -0.4 is 10.1 Å². The van der Waals surface area contributed by atoms with Gasteiger partial charge in [0.1, 0.15) is 5.75 Å². The van der Waals surface area contributed by atoms with E-state index in [9.17, 15) is 4.79 Å². The van der Waals surface area contributed by atoms with Gasteiger partial charge in [0.05, 0.1) is 19.7 Å². The Morgan fingerprint density at radius 1 is 1.29 bits per heavy atom. The number of amides is 1. The van der Waals surface area contributed by atoms with Gasteiger partial charge in [-0.15, -0.1) is 0 Å². The van der Waals surface area contributed by atoms with E-state index in [1.807, 2.05) is 17.0 Å². The van der Waals surface area contributed by atoms with Crippen LogP contribution in [0.3, 0.4) is 0 Å². The first-order valence-electron chi connectivity index (χ1n) is 7.92. The molecule has 1 saturated heterocycles. The third-order valence-electron chi connectivity index (χ3n) is 4.48. The second-order valence-corrected chi connectivity index (χ2v) is 6.09. The predicted octanol–water partition coefficient (Wildman–Crippen LogP) is 2.36. The molecule has 3 rings (SSSR count). The molecular formula is C17H24N2O2. The Balaban J connectivity index is 1.58. The molecular weight excluding hydrogens is 264 g/mol. The summed E-state index contributed by atoms with van der Waals surface area (Å²) in [4.78, 5) is 14.4. The highest BCUT2D eigenvalue weighted by molar-refractivity contribution is 5.79. The fourth-order valence-electron chi connectivity index (χ4n) is 3.04. The van der Waals surface area contributed by atoms with Gasteiger partial charge in [-0.1, -0.05) is 12.1 Å². The monoisotopic (exact) mass is 288 g/mol. The van der Waals surface area contributed by atoms with E-state index in [0.29, 0.717) is 6.54 Å². The Morgan fingerprint density at radius 3 is 2.71 bits per heavy atom. The molecule has 1 aliphatic heterocycles. The predicted molar refractivity (Wildman–Crippen MR) is 82.3 cm³/mol. The van der Waals surface area contributed by atoms with E-state index in [0.717, 1.165) is 37.6 Å². The highest BCUT2D eigenvalue weighted by atomic mass is 16.5. The van der Waals surface area contributed by atoms with Crippen LogP contribution in [0.2, 0.25) is 0 Å². The molecule has 0 radical (unpaired) electrons. The van der Waals surface area contributed by atoms with E-state index < -0.39 is 0 Å². The number of likely N-dealkylation sites (tertiary alicyclic amines) is 1. The number of nitrogens with zero attached hydrogens (tertiary/aromatic N) is 1. The van der Waals surface area contributed by atoms with Crippen LogP contribution in [-0.4, -0.2) is 37.6 Å². The van der Waals surface area contributed by atoms with Gasteiger partial charge in [0.15, 0.2) is 0 Å². The highest BCUT2D eigenvalue weighted by Crippen LogP contribution is 2.32. The molecule has 4 nitrogen and oxygen atoms in total. The van der Waals surface area contributed by atoms with Gasteiger partial charge in [0.2, 0.25) is 5.91 Å². The summed E-state index contributed by atoms with van der Waals surface area (Å²) < 4.78 is 5.20. The lowest BCUT2D eigenvalue weighted by Gasteiger charge is -2.25. The summed E-state index contributed by atoms with van der Waals surface area (Å²) in [6.45, 7) is 2.34. The molecule has 0 aromatic heterocycles. The Bertz CT molecular complexity index is 482. The second kappa shape index (κ2) is 6.48. The van der Waals surface area contributed by atoms with Gasteiger partial charge < -0.3 is 15.0 Å². The molecule has 1 atom stereocenters. The second-order valence-electron chi connectivity index (χ2n) is 6.09. The molecule has 1 aromatic carbocycles. The number of ether oxygens (including phenoxy) is 1. The molecule has 1 heterocycles. The summed E-state index contributed by atoms with van der Waals surface area (Å²) in [6.07, 6.45) is 4.78. The number of hydrogen-bond donors (Lipinski definition) is 1. The molecule has 1 unspecified atom stereocenters. The van der Waals surface area contributed by atoms with Gasteiger partial charge in [-0.25, -0.2) is 0 Å². The molecule has 2 fully saturated rings. The summed E-state index contributed by atoms with van der Waals surface area (Å²) >= 11 is 0. The van der Waals surface area contributed by atoms with E-state index in [2.05, 4.69) is 17.4 Å². The molecule has 1 aromatic rings. The first-order chi connectivity index (χ1) is 10.3. The zero-order valence-electron chi connectivity index (χ0n) is 12.7. The van der Waals surface area contributed by atoms with Crippen molar-refractivity contribution in [3.8, 4) is 5.75 Å². The molecule has 0 spiro atoms. The Kier molecular flexibility index (Phi) is 4.44. The minimum atomic E-state index is 0.228. The standard InChI is InChI=1S/C17H24N2O2/c1-21-15-8-6-14(7-9-15)16-3-2-10-19(16)17(20)12-18-11-13-4-5-13/h6-9,13,16,18H,2-5,10-12H2,1H3. The number of carbonyl (C=O) groups is 1. The molecule has 2 aliphatic rings. The lowest BCUT2D eigenvalue weighted by Crippen LogP contribution is -2.38. The zero-order valence-corrected chi connectivity index (χ0v) is 12.7. The summed E-state index contributed by atoms with van der Waals surface area (Å²) in [7, 11) is 1.67. The van der Waals surface area contributed by atoms with Crippen molar-refractivity contribution in [2.24, 2.45) is 5.92 Å². The van der Waals surface area contributed by atoms with Crippen LogP contribution in [0.25, 0.3) is 0 Å². The Hall–Kier alpha value is -1.55. The van der Waals surface area contributed by atoms with E-state index in [-0.39, 0.29) is 11.9 Å². The van der Waals surface area contributed by atoms with Crippen LogP contribution in [0.1, 0.15) is 37.3 Å². The summed E-state index contributed by atoms with van der Waals surface area (Å²) in [6, 6.07) is 8.33. The Labute approximate surface area is 126 Å². The minimum absolute atomic E-state index is 0.228. The number of rotatable bonds is 6. The van der Waals surface area contributed by atoms with Gasteiger partial charge >= 0.3 is 0 Å². The van der Waals surface area contributed by atoms with Crippen molar-refractivity contribution in [3.05, 3.63) is 29.8 Å². The number of methoxy groups -OCH3 is 1. The van der Waals surface area contributed by atoms with E-state index in [4.69, 9.17) is 4.74 Å². The van der Waals surface area contributed by atoms with Crippen molar-refractivity contribution >= 4 is 5.91 Å². The maximum atomic E-state index is 12.4. The largest absolute Gasteiger partial charge is 0.497 e. The fraction of sp³-hybridized carbons (Fsp3) is 0.588. The fourth-order valence-corrected chi connectivity index (χ4v) is 3.04. The summed E-state index contributed by atoms with van der Waals surface area (Å²) in [5, 5.41) is 3.30. The van der Waals surface area contributed by atoms with Crippen LogP contribution >= 0.6 is 0 Å². The zero-order chi connectivity index (χ0) is 14.7. The number of hydrogen-bond acceptors (Lipinski definition) is 3. The van der Waals surface area contributed by atoms with Crippen LogP contribution in [0.4, 0.5) is 0 Å². The minimum Gasteiger partial charge on any atom is -0.497 e. The summed E-state index contributed by atoms with van der Waals surface area (Å²) in [5.41, 5.74) is 1.21. The quantitative estimate of drug-likeness (QED) is 0.873. The van der Waals surface area contributed by atoms with Gasteiger partial charge in [-0.2, -0.15) is 0 Å². The van der Waals surface area contributed by atoms with E-state index >= 15 is 0 Å². The number of carbonyl (C=O) groups excluding carboxylic acids is 1. The first kappa shape index (κ1) is 14.4. The van der Waals surface area contributed by atoms with Crippen molar-refractivity contribution in [2.75, 3.05) is 26.7 Å². The lowest BCUT2D eigenvalue weighted by atomic mass is 10.0. The van der Waals surface area contributed by atoms with Gasteiger partial charge in [0.25, 0.3) is 0 Å². The van der Waals surface area contributed by atoms with Crippen molar-refractivity contribution < 1.29 is 9.53 Å². The third-order valence-corrected chi connectivity index (χ3v) is 4.48. The van der Waals surface area contributed by atoms with Crippen molar-refractivity contribution in [3.63, 3.8) is 0 Å². The van der Waals surface area contributed by atoms with E-state index in [1.165, 1.54) is 18.4 Å². The molecule has 0 bridgehead atoms. The maximum absolute atomic E-state index is 12.4. The average Bonchev–Trinajstić information content (AvgIpc) is 3.21. The Morgan fingerprint density at radius 2 is 2.05 bits per heavy atom. The topological polar surface area (TPSA) is 41.6 Å². The van der Waals surface area contributed by atoms with Crippen LogP contribution in [0.15, 0.2) is 24.3 Å². The first-order valence-corrected chi connectivity index (χ1v) is 7.92. The van der Waals surface area contributed by atoms with Crippen LogP contribution in [0, 0.1) is 5.92 Å². The van der Waals surface area contributed by atoms with Crippen LogP contribution in [0.5, 0.6) is 5.75 Å². The normalized spacial score (nSPS) is 21.6. The highest BCUT2D eigenvalue weighted by Gasteiger charge is 2.30. The number of nitrogens with one attached hydrogen (secondary N) is 1. The summed E-state index contributed by atoms with van der Waals surface area (Å²) in [5.74, 6) is 1.91. The smallest absolute Gasteiger partial charge is 0.237 e. The third kappa shape index (κ3) is 3.56. The molecule has 1 saturated carbocycles. The molecule has 1 N–H and O–H groups in total. The molecule has 1 amide bonds. The molecule has 114 valence electrons. The van der Waals surface area contributed by atoms with Crippen molar-refractivity contribution in [1.29, 1.82) is 0 Å². The molecule has 4 heteroatoms. The number of benzene rings is 1. The SMILES string of the molecule is COc1ccc(C2CCCN2C(=O)CNCC2CC2)cc1. The van der Waals surface area contributed by atoms with Gasteiger partial charge in [-0.3, -0.25) is 4.79 Å². The van der Waals surface area contributed by atoms with Gasteiger partial charge in [0, 0.05) is 6.54 Å². The lowest BCUT2D eigenvalue weighted by molar-refractivity contribution is -0.131. The average molecular weight is 288 g/mol. The maximum Gasteiger partial charge on any atom is 0.237 e. The van der Waals surface area contributed by atoms with Crippen molar-refractivity contribution in [1.82, 2.24) is 10.2 Å².